The Bertz CT molecular complexity index is 1250. The smallest absolute Gasteiger partial charge is 0.240 e. The van der Waals surface area contributed by atoms with Crippen LogP contribution in [0, 0.1) is 0 Å². The third-order valence-electron chi connectivity index (χ3n) is 4.06. The number of benzene rings is 2. The van der Waals surface area contributed by atoms with Gasteiger partial charge >= 0.3 is 0 Å². The van der Waals surface area contributed by atoms with Crippen molar-refractivity contribution >= 4 is 43.1 Å². The minimum atomic E-state index is -3.56. The van der Waals surface area contributed by atoms with Gasteiger partial charge in [0.1, 0.15) is 18.0 Å². The molecule has 0 fully saturated rings. The normalized spacial score (nSPS) is 11.8. The van der Waals surface area contributed by atoms with E-state index in [-0.39, 0.29) is 9.79 Å². The summed E-state index contributed by atoms with van der Waals surface area (Å²) in [6.07, 6.45) is 1.35. The van der Waals surface area contributed by atoms with E-state index in [0.29, 0.717) is 23.0 Å². The SMILES string of the molecule is CNS(=O)(=O)c1ccc(Nc2cc(Nc3cccc(S(=O)(=O)NC)c3)ncn2)cc1. The minimum absolute atomic E-state index is 0.124. The van der Waals surface area contributed by atoms with E-state index < -0.39 is 20.0 Å². The van der Waals surface area contributed by atoms with Gasteiger partial charge in [-0.2, -0.15) is 0 Å². The average Bonchev–Trinajstić information content (AvgIpc) is 2.74. The molecule has 3 aromatic rings. The molecule has 0 bridgehead atoms. The van der Waals surface area contributed by atoms with Crippen LogP contribution in [-0.2, 0) is 20.0 Å². The highest BCUT2D eigenvalue weighted by atomic mass is 32.2. The Balaban J connectivity index is 1.77. The van der Waals surface area contributed by atoms with E-state index >= 15 is 0 Å². The summed E-state index contributed by atoms with van der Waals surface area (Å²) in [6.45, 7) is 0. The van der Waals surface area contributed by atoms with Crippen LogP contribution < -0.4 is 20.1 Å². The van der Waals surface area contributed by atoms with E-state index in [0.717, 1.165) is 0 Å². The fourth-order valence-corrected chi connectivity index (χ4v) is 3.99. The summed E-state index contributed by atoms with van der Waals surface area (Å²) < 4.78 is 52.0. The second-order valence-electron chi connectivity index (χ2n) is 6.01. The van der Waals surface area contributed by atoms with Crippen molar-refractivity contribution in [1.29, 1.82) is 0 Å². The molecule has 3 rings (SSSR count). The van der Waals surface area contributed by atoms with Gasteiger partial charge in [-0.3, -0.25) is 0 Å². The summed E-state index contributed by atoms with van der Waals surface area (Å²) in [5, 5.41) is 6.09. The number of sulfonamides is 2. The van der Waals surface area contributed by atoms with E-state index in [1.165, 1.54) is 44.7 Å². The number of hydrogen-bond acceptors (Lipinski definition) is 8. The monoisotopic (exact) mass is 448 g/mol. The van der Waals surface area contributed by atoms with Crippen molar-refractivity contribution < 1.29 is 16.8 Å². The Morgan fingerprint density at radius 2 is 1.23 bits per heavy atom. The first-order valence-corrected chi connectivity index (χ1v) is 11.6. The molecule has 0 aliphatic carbocycles. The Kier molecular flexibility index (Phi) is 6.31. The lowest BCUT2D eigenvalue weighted by molar-refractivity contribution is 0.586. The molecule has 0 aliphatic heterocycles. The van der Waals surface area contributed by atoms with E-state index in [4.69, 9.17) is 0 Å². The van der Waals surface area contributed by atoms with Crippen LogP contribution in [-0.4, -0.2) is 40.9 Å². The predicted molar refractivity (Wildman–Crippen MR) is 114 cm³/mol. The molecule has 4 N–H and O–H groups in total. The first-order valence-electron chi connectivity index (χ1n) is 8.67. The minimum Gasteiger partial charge on any atom is -0.340 e. The van der Waals surface area contributed by atoms with Crippen LogP contribution in [0.4, 0.5) is 23.0 Å². The number of nitrogens with zero attached hydrogens (tertiary/aromatic N) is 2. The van der Waals surface area contributed by atoms with Crippen LogP contribution in [0.25, 0.3) is 0 Å². The summed E-state index contributed by atoms with van der Waals surface area (Å²) in [4.78, 5) is 8.54. The summed E-state index contributed by atoms with van der Waals surface area (Å²) in [7, 11) is -4.37. The number of nitrogens with one attached hydrogen (secondary N) is 4. The van der Waals surface area contributed by atoms with Crippen LogP contribution in [0.5, 0.6) is 0 Å². The van der Waals surface area contributed by atoms with Crippen molar-refractivity contribution in [2.45, 2.75) is 9.79 Å². The van der Waals surface area contributed by atoms with E-state index in [1.54, 1.807) is 30.3 Å². The van der Waals surface area contributed by atoms with Gasteiger partial charge in [0.15, 0.2) is 0 Å². The fourth-order valence-electron chi connectivity index (χ4n) is 2.48. The third kappa shape index (κ3) is 5.10. The predicted octanol–water partition coefficient (Wildman–Crippen LogP) is 1.78. The lowest BCUT2D eigenvalue weighted by Gasteiger charge is -2.10. The second-order valence-corrected chi connectivity index (χ2v) is 9.78. The second kappa shape index (κ2) is 8.75. The van der Waals surface area contributed by atoms with Crippen molar-refractivity contribution in [1.82, 2.24) is 19.4 Å². The van der Waals surface area contributed by atoms with Crippen LogP contribution in [0.15, 0.2) is 70.7 Å². The summed E-state index contributed by atoms with van der Waals surface area (Å²) in [5.74, 6) is 0.914. The molecule has 0 unspecified atom stereocenters. The van der Waals surface area contributed by atoms with Crippen LogP contribution >= 0.6 is 0 Å². The molecular weight excluding hydrogens is 428 g/mol. The molecule has 1 heterocycles. The maximum Gasteiger partial charge on any atom is 0.240 e. The van der Waals surface area contributed by atoms with Gasteiger partial charge in [0.05, 0.1) is 9.79 Å². The number of rotatable bonds is 8. The van der Waals surface area contributed by atoms with Crippen molar-refractivity contribution in [2.24, 2.45) is 0 Å². The highest BCUT2D eigenvalue weighted by molar-refractivity contribution is 7.89. The highest BCUT2D eigenvalue weighted by Gasteiger charge is 2.12. The Morgan fingerprint density at radius 1 is 0.667 bits per heavy atom. The number of anilines is 4. The van der Waals surface area contributed by atoms with E-state index in [9.17, 15) is 16.8 Å². The third-order valence-corrected chi connectivity index (χ3v) is 6.90. The van der Waals surface area contributed by atoms with Crippen molar-refractivity contribution in [3.8, 4) is 0 Å². The molecule has 0 spiro atoms. The standard InChI is InChI=1S/C18H20N6O4S2/c1-19-29(25,26)15-8-6-13(7-9-15)23-17-11-18(22-12-21-17)24-14-4-3-5-16(10-14)30(27,28)20-2/h3-12,19-20H,1-2H3,(H2,21,22,23,24). The molecule has 0 saturated carbocycles. The zero-order valence-electron chi connectivity index (χ0n) is 16.1. The summed E-state index contributed by atoms with van der Waals surface area (Å²) in [6, 6.07) is 14.1. The van der Waals surface area contributed by atoms with Gasteiger partial charge in [0, 0.05) is 17.4 Å². The van der Waals surface area contributed by atoms with Gasteiger partial charge in [0.2, 0.25) is 20.0 Å². The average molecular weight is 449 g/mol. The molecule has 0 aliphatic rings. The van der Waals surface area contributed by atoms with E-state index in [1.807, 2.05) is 0 Å². The van der Waals surface area contributed by atoms with Crippen LogP contribution in [0.2, 0.25) is 0 Å². The van der Waals surface area contributed by atoms with Crippen molar-refractivity contribution in [3.63, 3.8) is 0 Å². The molecule has 0 saturated heterocycles. The zero-order valence-corrected chi connectivity index (χ0v) is 17.8. The molecule has 2 aromatic carbocycles. The molecule has 10 nitrogen and oxygen atoms in total. The largest absolute Gasteiger partial charge is 0.340 e. The number of hydrogen-bond donors (Lipinski definition) is 4. The lowest BCUT2D eigenvalue weighted by Crippen LogP contribution is -2.18. The first-order chi connectivity index (χ1) is 14.2. The van der Waals surface area contributed by atoms with Gasteiger partial charge in [-0.1, -0.05) is 6.07 Å². The maximum absolute atomic E-state index is 12.0. The van der Waals surface area contributed by atoms with Crippen LogP contribution in [0.1, 0.15) is 0 Å². The van der Waals surface area contributed by atoms with Gasteiger partial charge in [-0.15, -0.1) is 0 Å². The van der Waals surface area contributed by atoms with Crippen LogP contribution in [0.3, 0.4) is 0 Å². The zero-order chi connectivity index (χ0) is 21.8. The van der Waals surface area contributed by atoms with Crippen molar-refractivity contribution in [3.05, 3.63) is 60.9 Å². The summed E-state index contributed by atoms with van der Waals surface area (Å²) >= 11 is 0. The molecule has 12 heteroatoms. The quantitative estimate of drug-likeness (QED) is 0.408. The van der Waals surface area contributed by atoms with Gasteiger partial charge < -0.3 is 10.6 Å². The maximum atomic E-state index is 12.0. The molecule has 0 amide bonds. The molecular formula is C18H20N6O4S2. The molecule has 158 valence electrons. The molecule has 1 aromatic heterocycles. The topological polar surface area (TPSA) is 142 Å². The molecule has 0 radical (unpaired) electrons. The lowest BCUT2D eigenvalue weighted by atomic mass is 10.3. The molecule has 0 atom stereocenters. The highest BCUT2D eigenvalue weighted by Crippen LogP contribution is 2.22. The van der Waals surface area contributed by atoms with Gasteiger partial charge in [0.25, 0.3) is 0 Å². The summed E-state index contributed by atoms with van der Waals surface area (Å²) in [5.41, 5.74) is 1.18. The number of aromatic nitrogens is 2. The Morgan fingerprint density at radius 3 is 1.83 bits per heavy atom. The first kappa shape index (κ1) is 21.6. The Hall–Kier alpha value is -3.06. The molecule has 30 heavy (non-hydrogen) atoms. The Labute approximate surface area is 174 Å². The van der Waals surface area contributed by atoms with Crippen molar-refractivity contribution in [2.75, 3.05) is 24.7 Å². The fraction of sp³-hybridized carbons (Fsp3) is 0.111. The van der Waals surface area contributed by atoms with Gasteiger partial charge in [-0.25, -0.2) is 36.2 Å². The van der Waals surface area contributed by atoms with E-state index in [2.05, 4.69) is 30.0 Å². The van der Waals surface area contributed by atoms with Gasteiger partial charge in [-0.05, 0) is 56.6 Å².